The molecule has 0 saturated heterocycles. The summed E-state index contributed by atoms with van der Waals surface area (Å²) in [4.78, 5) is 0. The normalized spacial score (nSPS) is 15.2. The minimum atomic E-state index is -4.51. The lowest BCUT2D eigenvalue weighted by Gasteiger charge is -2.18. The lowest BCUT2D eigenvalue weighted by molar-refractivity contribution is -0.137. The fourth-order valence-corrected chi connectivity index (χ4v) is 2.06. The minimum Gasteiger partial charge on any atom is -0.310 e. The van der Waals surface area contributed by atoms with Crippen molar-refractivity contribution >= 4 is 0 Å². The molecule has 0 radical (unpaired) electrons. The molecule has 1 nitrogen and oxygen atoms in total. The van der Waals surface area contributed by atoms with Crippen molar-refractivity contribution in [3.63, 3.8) is 0 Å². The van der Waals surface area contributed by atoms with Gasteiger partial charge in [-0.3, -0.25) is 0 Å². The molecule has 1 aromatic carbocycles. The van der Waals surface area contributed by atoms with Crippen LogP contribution >= 0.6 is 0 Å². The van der Waals surface area contributed by atoms with E-state index in [1.807, 2.05) is 6.92 Å². The van der Waals surface area contributed by atoms with Gasteiger partial charge >= 0.3 is 6.18 Å². The van der Waals surface area contributed by atoms with Gasteiger partial charge in [0, 0.05) is 12.6 Å². The molecule has 0 bridgehead atoms. The standard InChI is InChI=1S/C15H21F4N/c1-4-10(2)5-11(3)20-9-12-6-13(15(17,18)19)8-14(16)7-12/h6-8,10-11,20H,4-5,9H2,1-3H3. The molecule has 1 rings (SSSR count). The van der Waals surface area contributed by atoms with E-state index in [0.29, 0.717) is 17.5 Å². The predicted molar refractivity (Wildman–Crippen MR) is 71.8 cm³/mol. The Balaban J connectivity index is 2.66. The van der Waals surface area contributed by atoms with E-state index in [1.54, 1.807) is 0 Å². The molecule has 1 N–H and O–H groups in total. The molecule has 0 heterocycles. The van der Waals surface area contributed by atoms with Crippen LogP contribution in [0.5, 0.6) is 0 Å². The Labute approximate surface area is 117 Å². The van der Waals surface area contributed by atoms with Gasteiger partial charge in [0.05, 0.1) is 5.56 Å². The number of hydrogen-bond donors (Lipinski definition) is 1. The summed E-state index contributed by atoms with van der Waals surface area (Å²) in [7, 11) is 0. The van der Waals surface area contributed by atoms with Crippen LogP contribution in [0.25, 0.3) is 0 Å². The maximum atomic E-state index is 13.2. The lowest BCUT2D eigenvalue weighted by atomic mass is 10.00. The van der Waals surface area contributed by atoms with Gasteiger partial charge in [0.25, 0.3) is 0 Å². The molecule has 0 aliphatic rings. The highest BCUT2D eigenvalue weighted by Crippen LogP contribution is 2.30. The van der Waals surface area contributed by atoms with Crippen LogP contribution in [0.2, 0.25) is 0 Å². The van der Waals surface area contributed by atoms with Crippen molar-refractivity contribution in [3.05, 3.63) is 35.1 Å². The molecule has 20 heavy (non-hydrogen) atoms. The predicted octanol–water partition coefficient (Wildman–Crippen LogP) is 4.76. The first-order valence-electron chi connectivity index (χ1n) is 6.82. The molecular weight excluding hydrogens is 270 g/mol. The van der Waals surface area contributed by atoms with Gasteiger partial charge in [-0.25, -0.2) is 4.39 Å². The second-order valence-electron chi connectivity index (χ2n) is 5.38. The summed E-state index contributed by atoms with van der Waals surface area (Å²) in [6.45, 7) is 6.44. The van der Waals surface area contributed by atoms with E-state index < -0.39 is 17.6 Å². The van der Waals surface area contributed by atoms with Crippen molar-refractivity contribution in [2.24, 2.45) is 5.92 Å². The first-order chi connectivity index (χ1) is 9.22. The van der Waals surface area contributed by atoms with Gasteiger partial charge in [0.2, 0.25) is 0 Å². The number of benzene rings is 1. The summed E-state index contributed by atoms with van der Waals surface area (Å²) in [5.41, 5.74) is -0.628. The van der Waals surface area contributed by atoms with Crippen molar-refractivity contribution in [2.45, 2.75) is 52.4 Å². The van der Waals surface area contributed by atoms with E-state index in [-0.39, 0.29) is 12.6 Å². The quantitative estimate of drug-likeness (QED) is 0.745. The number of alkyl halides is 3. The second kappa shape index (κ2) is 7.07. The van der Waals surface area contributed by atoms with Crippen LogP contribution < -0.4 is 5.32 Å². The highest BCUT2D eigenvalue weighted by atomic mass is 19.4. The Bertz CT molecular complexity index is 428. The van der Waals surface area contributed by atoms with Crippen LogP contribution in [0.1, 0.15) is 44.7 Å². The molecule has 1 aromatic rings. The zero-order chi connectivity index (χ0) is 15.3. The van der Waals surface area contributed by atoms with Crippen LogP contribution in [0.4, 0.5) is 17.6 Å². The van der Waals surface area contributed by atoms with Gasteiger partial charge in [-0.2, -0.15) is 13.2 Å². The highest BCUT2D eigenvalue weighted by molar-refractivity contribution is 5.26. The molecule has 0 aliphatic carbocycles. The van der Waals surface area contributed by atoms with Gasteiger partial charge in [-0.1, -0.05) is 20.3 Å². The fraction of sp³-hybridized carbons (Fsp3) is 0.600. The van der Waals surface area contributed by atoms with Crippen LogP contribution in [-0.4, -0.2) is 6.04 Å². The smallest absolute Gasteiger partial charge is 0.310 e. The zero-order valence-electron chi connectivity index (χ0n) is 12.0. The summed E-state index contributed by atoms with van der Waals surface area (Å²) in [5, 5.41) is 3.14. The third kappa shape index (κ3) is 5.49. The Morgan fingerprint density at radius 1 is 1.15 bits per heavy atom. The maximum Gasteiger partial charge on any atom is 0.416 e. The third-order valence-corrected chi connectivity index (χ3v) is 3.39. The monoisotopic (exact) mass is 291 g/mol. The van der Waals surface area contributed by atoms with Crippen LogP contribution in [0.3, 0.4) is 0 Å². The van der Waals surface area contributed by atoms with Gasteiger partial charge in [-0.15, -0.1) is 0 Å². The molecule has 2 unspecified atom stereocenters. The van der Waals surface area contributed by atoms with Gasteiger partial charge in [-0.05, 0) is 43.0 Å². The zero-order valence-corrected chi connectivity index (χ0v) is 12.0. The molecule has 0 saturated carbocycles. The summed E-state index contributed by atoms with van der Waals surface area (Å²) in [5.74, 6) is -0.304. The molecule has 2 atom stereocenters. The summed E-state index contributed by atoms with van der Waals surface area (Å²) >= 11 is 0. The Morgan fingerprint density at radius 3 is 2.35 bits per heavy atom. The average Bonchev–Trinajstić information content (AvgIpc) is 2.34. The van der Waals surface area contributed by atoms with E-state index >= 15 is 0 Å². The molecule has 114 valence electrons. The number of rotatable bonds is 6. The van der Waals surface area contributed by atoms with Crippen LogP contribution in [-0.2, 0) is 12.7 Å². The number of nitrogens with one attached hydrogen (secondary N) is 1. The van der Waals surface area contributed by atoms with Gasteiger partial charge < -0.3 is 5.32 Å². The first kappa shape index (κ1) is 17.0. The van der Waals surface area contributed by atoms with E-state index in [2.05, 4.69) is 19.2 Å². The third-order valence-electron chi connectivity index (χ3n) is 3.39. The van der Waals surface area contributed by atoms with Crippen molar-refractivity contribution in [1.29, 1.82) is 0 Å². The van der Waals surface area contributed by atoms with E-state index in [1.165, 1.54) is 0 Å². The van der Waals surface area contributed by atoms with Crippen molar-refractivity contribution < 1.29 is 17.6 Å². The number of hydrogen-bond acceptors (Lipinski definition) is 1. The fourth-order valence-electron chi connectivity index (χ4n) is 2.06. The summed E-state index contributed by atoms with van der Waals surface area (Å²) in [6, 6.07) is 2.83. The largest absolute Gasteiger partial charge is 0.416 e. The summed E-state index contributed by atoms with van der Waals surface area (Å²) in [6.07, 6.45) is -2.51. The molecule has 0 amide bonds. The Hall–Kier alpha value is -1.10. The van der Waals surface area contributed by atoms with Crippen LogP contribution in [0.15, 0.2) is 18.2 Å². The molecule has 0 aliphatic heterocycles. The Kier molecular flexibility index (Phi) is 5.99. The average molecular weight is 291 g/mol. The molecule has 0 fully saturated rings. The van der Waals surface area contributed by atoms with Gasteiger partial charge in [0.1, 0.15) is 5.82 Å². The minimum absolute atomic E-state index is 0.183. The SMILES string of the molecule is CCC(C)CC(C)NCc1cc(F)cc(C(F)(F)F)c1. The van der Waals surface area contributed by atoms with E-state index in [4.69, 9.17) is 0 Å². The van der Waals surface area contributed by atoms with Crippen LogP contribution in [0, 0.1) is 11.7 Å². The van der Waals surface area contributed by atoms with E-state index in [0.717, 1.165) is 25.0 Å². The van der Waals surface area contributed by atoms with E-state index in [9.17, 15) is 17.6 Å². The molecule has 0 spiro atoms. The van der Waals surface area contributed by atoms with Gasteiger partial charge in [0.15, 0.2) is 0 Å². The lowest BCUT2D eigenvalue weighted by Crippen LogP contribution is -2.27. The summed E-state index contributed by atoms with van der Waals surface area (Å²) < 4.78 is 51.0. The second-order valence-corrected chi connectivity index (χ2v) is 5.38. The highest BCUT2D eigenvalue weighted by Gasteiger charge is 2.31. The van der Waals surface area contributed by atoms with Crippen molar-refractivity contribution in [1.82, 2.24) is 5.32 Å². The first-order valence-corrected chi connectivity index (χ1v) is 6.82. The number of halogens is 4. The molecule has 5 heteroatoms. The topological polar surface area (TPSA) is 12.0 Å². The van der Waals surface area contributed by atoms with Crippen molar-refractivity contribution in [3.8, 4) is 0 Å². The Morgan fingerprint density at radius 2 is 1.80 bits per heavy atom. The maximum absolute atomic E-state index is 13.2. The molecular formula is C15H21F4N. The molecule has 0 aromatic heterocycles. The van der Waals surface area contributed by atoms with Crippen molar-refractivity contribution in [2.75, 3.05) is 0 Å².